The number of fused-ring (bicyclic) bond motifs is 6. The van der Waals surface area contributed by atoms with Crippen LogP contribution in [0.2, 0.25) is 0 Å². The fourth-order valence-electron chi connectivity index (χ4n) is 4.67. The molecule has 4 nitrogen and oxygen atoms in total. The minimum absolute atomic E-state index is 0.902. The Morgan fingerprint density at radius 1 is 0.562 bits per heavy atom. The zero-order valence-electron chi connectivity index (χ0n) is 18.2. The van der Waals surface area contributed by atoms with E-state index in [1.807, 2.05) is 12.4 Å². The summed E-state index contributed by atoms with van der Waals surface area (Å²) < 4.78 is 0. The molecule has 0 fully saturated rings. The highest BCUT2D eigenvalue weighted by Gasteiger charge is 2.12. The molecular weight excluding hydrogens is 392 g/mol. The van der Waals surface area contributed by atoms with E-state index in [9.17, 15) is 0 Å². The monoisotopic (exact) mass is 416 g/mol. The number of aromatic amines is 2. The largest absolute Gasteiger partial charge is 0.342 e. The van der Waals surface area contributed by atoms with Crippen molar-refractivity contribution in [1.82, 2.24) is 19.9 Å². The van der Waals surface area contributed by atoms with Gasteiger partial charge in [0.05, 0.1) is 23.8 Å². The van der Waals surface area contributed by atoms with Crippen molar-refractivity contribution in [3.05, 3.63) is 84.7 Å². The number of imidazole rings is 2. The Bertz CT molecular complexity index is 1460. The Kier molecular flexibility index (Phi) is 4.32. The topological polar surface area (TPSA) is 57.4 Å². The Hall–Kier alpha value is -3.92. The fraction of sp³-hybridized carbons (Fsp3) is 0.143. The van der Waals surface area contributed by atoms with Gasteiger partial charge in [-0.1, -0.05) is 62.4 Å². The van der Waals surface area contributed by atoms with Gasteiger partial charge in [0.1, 0.15) is 11.6 Å². The van der Waals surface area contributed by atoms with Crippen LogP contribution in [0.15, 0.2) is 73.1 Å². The molecule has 0 amide bonds. The summed E-state index contributed by atoms with van der Waals surface area (Å²) in [6.45, 7) is 4.23. The Morgan fingerprint density at radius 2 is 1.00 bits per heavy atom. The molecule has 6 rings (SSSR count). The first-order valence-electron chi connectivity index (χ1n) is 11.2. The second kappa shape index (κ2) is 7.34. The molecule has 0 aliphatic carbocycles. The zero-order chi connectivity index (χ0) is 21.7. The van der Waals surface area contributed by atoms with Crippen LogP contribution in [0.3, 0.4) is 0 Å². The van der Waals surface area contributed by atoms with Gasteiger partial charge in [-0.3, -0.25) is 0 Å². The van der Waals surface area contributed by atoms with Gasteiger partial charge < -0.3 is 9.97 Å². The van der Waals surface area contributed by atoms with Crippen molar-refractivity contribution >= 4 is 32.3 Å². The second-order valence-corrected chi connectivity index (χ2v) is 8.26. The van der Waals surface area contributed by atoms with Crippen LogP contribution in [0.25, 0.3) is 54.8 Å². The van der Waals surface area contributed by atoms with E-state index in [-0.39, 0.29) is 0 Å². The Balaban J connectivity index is 1.62. The highest BCUT2D eigenvalue weighted by Crippen LogP contribution is 2.38. The molecule has 0 saturated heterocycles. The van der Waals surface area contributed by atoms with Gasteiger partial charge in [0.2, 0.25) is 0 Å². The predicted molar refractivity (Wildman–Crippen MR) is 133 cm³/mol. The van der Waals surface area contributed by atoms with Crippen LogP contribution in [0, 0.1) is 0 Å². The van der Waals surface area contributed by atoms with Crippen molar-refractivity contribution in [2.45, 2.75) is 26.7 Å². The molecule has 0 bridgehead atoms. The summed E-state index contributed by atoms with van der Waals surface area (Å²) in [5.74, 6) is 2.03. The van der Waals surface area contributed by atoms with Gasteiger partial charge in [0.15, 0.2) is 0 Å². The maximum atomic E-state index is 4.49. The summed E-state index contributed by atoms with van der Waals surface area (Å²) >= 11 is 0. The van der Waals surface area contributed by atoms with E-state index in [1.54, 1.807) is 0 Å². The highest BCUT2D eigenvalue weighted by atomic mass is 14.9. The molecule has 32 heavy (non-hydrogen) atoms. The molecular formula is C28H24N4. The van der Waals surface area contributed by atoms with Crippen LogP contribution in [0.4, 0.5) is 0 Å². The lowest BCUT2D eigenvalue weighted by molar-refractivity contribution is 0.990. The number of benzene rings is 4. The molecule has 0 saturated carbocycles. The van der Waals surface area contributed by atoms with Crippen molar-refractivity contribution in [2.24, 2.45) is 0 Å². The molecule has 2 aromatic heterocycles. The summed E-state index contributed by atoms with van der Waals surface area (Å²) in [5, 5.41) is 7.60. The third-order valence-corrected chi connectivity index (χ3v) is 6.39. The van der Waals surface area contributed by atoms with Gasteiger partial charge in [-0.15, -0.1) is 0 Å². The molecule has 156 valence electrons. The van der Waals surface area contributed by atoms with Crippen LogP contribution in [0.1, 0.15) is 25.5 Å². The lowest BCUT2D eigenvalue weighted by Gasteiger charge is -2.12. The van der Waals surface area contributed by atoms with Gasteiger partial charge in [0.25, 0.3) is 0 Å². The fourth-order valence-corrected chi connectivity index (χ4v) is 4.67. The number of aryl methyl sites for hydroxylation is 2. The molecule has 0 atom stereocenters. The SMILES string of the molecule is CCc1ncc(-c2ccc3c4ccc(-c5cnc(CC)[nH]5)cc4c4ccccc4c3c2)[nH]1. The zero-order valence-corrected chi connectivity index (χ0v) is 18.2. The molecule has 4 heteroatoms. The van der Waals surface area contributed by atoms with Crippen molar-refractivity contribution in [3.63, 3.8) is 0 Å². The first-order valence-corrected chi connectivity index (χ1v) is 11.2. The summed E-state index contributed by atoms with van der Waals surface area (Å²) in [5.41, 5.74) is 4.45. The molecule has 2 N–H and O–H groups in total. The molecule has 0 spiro atoms. The van der Waals surface area contributed by atoms with Gasteiger partial charge in [0, 0.05) is 24.0 Å². The molecule has 0 aliphatic rings. The van der Waals surface area contributed by atoms with Crippen molar-refractivity contribution in [3.8, 4) is 22.5 Å². The Morgan fingerprint density at radius 3 is 1.41 bits per heavy atom. The maximum Gasteiger partial charge on any atom is 0.106 e. The van der Waals surface area contributed by atoms with Crippen LogP contribution in [-0.4, -0.2) is 19.9 Å². The molecule has 2 heterocycles. The first kappa shape index (κ1) is 18.8. The smallest absolute Gasteiger partial charge is 0.106 e. The quantitative estimate of drug-likeness (QED) is 0.302. The Labute approximate surface area is 186 Å². The number of hydrogen-bond donors (Lipinski definition) is 2. The predicted octanol–water partition coefficient (Wildman–Crippen LogP) is 7.05. The number of rotatable bonds is 4. The summed E-state index contributed by atoms with van der Waals surface area (Å²) in [7, 11) is 0. The number of nitrogens with zero attached hydrogens (tertiary/aromatic N) is 2. The van der Waals surface area contributed by atoms with Crippen LogP contribution < -0.4 is 0 Å². The minimum Gasteiger partial charge on any atom is -0.342 e. The lowest BCUT2D eigenvalue weighted by atomic mass is 9.91. The van der Waals surface area contributed by atoms with E-state index in [1.165, 1.54) is 32.3 Å². The molecule has 4 aromatic carbocycles. The molecule has 0 unspecified atom stereocenters. The van der Waals surface area contributed by atoms with Crippen LogP contribution in [-0.2, 0) is 12.8 Å². The lowest BCUT2D eigenvalue weighted by Crippen LogP contribution is -1.87. The van der Waals surface area contributed by atoms with Crippen molar-refractivity contribution in [2.75, 3.05) is 0 Å². The van der Waals surface area contributed by atoms with E-state index >= 15 is 0 Å². The van der Waals surface area contributed by atoms with Crippen molar-refractivity contribution in [1.29, 1.82) is 0 Å². The summed E-state index contributed by atoms with van der Waals surface area (Å²) in [6, 6.07) is 22.2. The standard InChI is InChI=1S/C28H24N4/c1-3-27-29-15-25(31-27)17-9-11-21-22-12-10-18(26-16-30-28(4-2)32-26)14-24(22)20-8-6-5-7-19(20)23(21)13-17/h5-16H,3-4H2,1-2H3,(H,29,31)(H,30,32). The molecule has 0 aliphatic heterocycles. The van der Waals surface area contributed by atoms with Crippen molar-refractivity contribution < 1.29 is 0 Å². The van der Waals surface area contributed by atoms with Gasteiger partial charge in [-0.2, -0.15) is 0 Å². The van der Waals surface area contributed by atoms with Gasteiger partial charge in [-0.25, -0.2) is 9.97 Å². The summed E-state index contributed by atoms with van der Waals surface area (Å²) in [6.07, 6.45) is 5.67. The van der Waals surface area contributed by atoms with E-state index in [0.29, 0.717) is 0 Å². The molecule has 0 radical (unpaired) electrons. The highest BCUT2D eigenvalue weighted by molar-refractivity contribution is 6.26. The minimum atomic E-state index is 0.902. The first-order chi connectivity index (χ1) is 15.7. The van der Waals surface area contributed by atoms with Gasteiger partial charge >= 0.3 is 0 Å². The van der Waals surface area contributed by atoms with E-state index in [4.69, 9.17) is 0 Å². The third kappa shape index (κ3) is 2.91. The number of hydrogen-bond acceptors (Lipinski definition) is 2. The summed E-state index contributed by atoms with van der Waals surface area (Å²) in [4.78, 5) is 15.9. The van der Waals surface area contributed by atoms with E-state index in [2.05, 4.69) is 94.4 Å². The normalized spacial score (nSPS) is 11.7. The van der Waals surface area contributed by atoms with E-state index < -0.39 is 0 Å². The average molecular weight is 417 g/mol. The number of aromatic nitrogens is 4. The number of nitrogens with one attached hydrogen (secondary N) is 2. The number of H-pyrrole nitrogens is 2. The van der Waals surface area contributed by atoms with Crippen LogP contribution >= 0.6 is 0 Å². The maximum absolute atomic E-state index is 4.49. The van der Waals surface area contributed by atoms with Crippen LogP contribution in [0.5, 0.6) is 0 Å². The second-order valence-electron chi connectivity index (χ2n) is 8.26. The van der Waals surface area contributed by atoms with Gasteiger partial charge in [-0.05, 0) is 44.5 Å². The third-order valence-electron chi connectivity index (χ3n) is 6.39. The van der Waals surface area contributed by atoms with E-state index in [0.717, 1.165) is 47.0 Å². The molecule has 6 aromatic rings. The average Bonchev–Trinajstić information content (AvgIpc) is 3.53.